The molecule has 2 aliphatic heterocycles. The van der Waals surface area contributed by atoms with Gasteiger partial charge in [0.2, 0.25) is 0 Å². The van der Waals surface area contributed by atoms with Crippen molar-refractivity contribution >= 4 is 11.8 Å². The topological polar surface area (TPSA) is 45.1 Å². The molecule has 2 fully saturated rings. The van der Waals surface area contributed by atoms with Crippen LogP contribution in [0.15, 0.2) is 4.99 Å². The maximum Gasteiger partial charge on any atom is 0.251 e. The fourth-order valence-corrected chi connectivity index (χ4v) is 3.95. The zero-order valence-corrected chi connectivity index (χ0v) is 14.0. The van der Waals surface area contributed by atoms with Gasteiger partial charge in [0.1, 0.15) is 6.10 Å². The number of rotatable bonds is 3. The molecule has 1 aliphatic carbocycles. The van der Waals surface area contributed by atoms with E-state index >= 15 is 0 Å². The average Bonchev–Trinajstić information content (AvgIpc) is 2.89. The van der Waals surface area contributed by atoms with Gasteiger partial charge in [0.25, 0.3) is 5.91 Å². The summed E-state index contributed by atoms with van der Waals surface area (Å²) in [6.45, 7) is 5.42. The van der Waals surface area contributed by atoms with Gasteiger partial charge in [-0.05, 0) is 19.4 Å². The second-order valence-corrected chi connectivity index (χ2v) is 7.12. The van der Waals surface area contributed by atoms with Crippen molar-refractivity contribution < 1.29 is 9.53 Å². The van der Waals surface area contributed by atoms with E-state index in [4.69, 9.17) is 4.74 Å². The predicted octanol–water partition coefficient (Wildman–Crippen LogP) is 1.92. The van der Waals surface area contributed by atoms with E-state index in [-0.39, 0.29) is 18.1 Å². The molecular formula is C17H29N3O2. The normalized spacial score (nSPS) is 31.0. The molecule has 1 amide bonds. The SMILES string of the molecule is CC1=NC(C(=O)N2CCN(C)CC2)C(CC2CCCCC2)O1. The summed E-state index contributed by atoms with van der Waals surface area (Å²) in [5, 5.41) is 0. The fraction of sp³-hybridized carbons (Fsp3) is 0.882. The zero-order chi connectivity index (χ0) is 15.5. The summed E-state index contributed by atoms with van der Waals surface area (Å²) < 4.78 is 5.90. The summed E-state index contributed by atoms with van der Waals surface area (Å²) in [7, 11) is 2.11. The van der Waals surface area contributed by atoms with Crippen LogP contribution in [-0.2, 0) is 9.53 Å². The third kappa shape index (κ3) is 3.62. The molecule has 22 heavy (non-hydrogen) atoms. The minimum absolute atomic E-state index is 0.0322. The number of nitrogens with zero attached hydrogens (tertiary/aromatic N) is 3. The number of aliphatic imine (C=N–C) groups is 1. The summed E-state index contributed by atoms with van der Waals surface area (Å²) in [5.41, 5.74) is 0. The molecule has 0 aromatic heterocycles. The number of likely N-dealkylation sites (N-methyl/N-ethyl adjacent to an activating group) is 1. The van der Waals surface area contributed by atoms with Gasteiger partial charge >= 0.3 is 0 Å². The number of piperazine rings is 1. The van der Waals surface area contributed by atoms with Crippen molar-refractivity contribution in [1.82, 2.24) is 9.80 Å². The highest BCUT2D eigenvalue weighted by Crippen LogP contribution is 2.31. The fourth-order valence-electron chi connectivity index (χ4n) is 3.95. The molecule has 3 aliphatic rings. The Labute approximate surface area is 133 Å². The number of ether oxygens (including phenoxy) is 1. The molecule has 0 spiro atoms. The minimum atomic E-state index is -0.301. The lowest BCUT2D eigenvalue weighted by atomic mass is 9.84. The lowest BCUT2D eigenvalue weighted by Gasteiger charge is -2.34. The first-order valence-corrected chi connectivity index (χ1v) is 8.82. The summed E-state index contributed by atoms with van der Waals surface area (Å²) in [6.07, 6.45) is 7.55. The Balaban J connectivity index is 1.60. The van der Waals surface area contributed by atoms with Gasteiger partial charge in [-0.1, -0.05) is 32.1 Å². The third-order valence-electron chi connectivity index (χ3n) is 5.35. The van der Waals surface area contributed by atoms with Crippen molar-refractivity contribution in [2.75, 3.05) is 33.2 Å². The Kier molecular flexibility index (Phi) is 5.01. The van der Waals surface area contributed by atoms with Gasteiger partial charge in [0.05, 0.1) is 0 Å². The highest BCUT2D eigenvalue weighted by molar-refractivity contribution is 5.88. The predicted molar refractivity (Wildman–Crippen MR) is 87.0 cm³/mol. The summed E-state index contributed by atoms with van der Waals surface area (Å²) in [4.78, 5) is 21.6. The molecular weight excluding hydrogens is 278 g/mol. The van der Waals surface area contributed by atoms with E-state index in [2.05, 4.69) is 16.9 Å². The van der Waals surface area contributed by atoms with Crippen LogP contribution in [0.2, 0.25) is 0 Å². The van der Waals surface area contributed by atoms with Crippen LogP contribution in [0.25, 0.3) is 0 Å². The number of carbonyl (C=O) groups excluding carboxylic acids is 1. The minimum Gasteiger partial charge on any atom is -0.475 e. The first-order chi connectivity index (χ1) is 10.6. The molecule has 1 saturated carbocycles. The van der Waals surface area contributed by atoms with Gasteiger partial charge in [-0.2, -0.15) is 0 Å². The van der Waals surface area contributed by atoms with E-state index in [9.17, 15) is 4.79 Å². The van der Waals surface area contributed by atoms with Crippen molar-refractivity contribution in [2.24, 2.45) is 10.9 Å². The summed E-state index contributed by atoms with van der Waals surface area (Å²) in [5.74, 6) is 1.57. The van der Waals surface area contributed by atoms with Crippen molar-refractivity contribution in [1.29, 1.82) is 0 Å². The molecule has 2 unspecified atom stereocenters. The second kappa shape index (κ2) is 6.99. The Morgan fingerprint density at radius 3 is 2.55 bits per heavy atom. The summed E-state index contributed by atoms with van der Waals surface area (Å²) >= 11 is 0. The monoisotopic (exact) mass is 307 g/mol. The Morgan fingerprint density at radius 1 is 1.18 bits per heavy atom. The summed E-state index contributed by atoms with van der Waals surface area (Å²) in [6, 6.07) is -0.301. The van der Waals surface area contributed by atoms with E-state index < -0.39 is 0 Å². The van der Waals surface area contributed by atoms with Crippen LogP contribution in [0.4, 0.5) is 0 Å². The number of carbonyl (C=O) groups is 1. The molecule has 124 valence electrons. The van der Waals surface area contributed by atoms with Crippen LogP contribution in [0.3, 0.4) is 0 Å². The lowest BCUT2D eigenvalue weighted by Crippen LogP contribution is -2.51. The van der Waals surface area contributed by atoms with E-state index in [1.54, 1.807) is 0 Å². The molecule has 0 N–H and O–H groups in total. The maximum absolute atomic E-state index is 12.8. The first kappa shape index (κ1) is 15.8. The second-order valence-electron chi connectivity index (χ2n) is 7.12. The van der Waals surface area contributed by atoms with E-state index in [0.29, 0.717) is 11.8 Å². The Morgan fingerprint density at radius 2 is 1.86 bits per heavy atom. The Hall–Kier alpha value is -1.10. The third-order valence-corrected chi connectivity index (χ3v) is 5.35. The van der Waals surface area contributed by atoms with Gasteiger partial charge in [-0.25, -0.2) is 4.99 Å². The molecule has 0 radical (unpaired) electrons. The molecule has 5 heteroatoms. The van der Waals surface area contributed by atoms with Gasteiger partial charge in [0.15, 0.2) is 11.9 Å². The quantitative estimate of drug-likeness (QED) is 0.800. The van der Waals surface area contributed by atoms with Crippen molar-refractivity contribution in [3.63, 3.8) is 0 Å². The van der Waals surface area contributed by atoms with Crippen LogP contribution in [0.1, 0.15) is 45.4 Å². The molecule has 1 saturated heterocycles. The molecule has 0 aromatic carbocycles. The van der Waals surface area contributed by atoms with E-state index in [1.165, 1.54) is 32.1 Å². The van der Waals surface area contributed by atoms with Gasteiger partial charge in [-0.15, -0.1) is 0 Å². The van der Waals surface area contributed by atoms with Crippen LogP contribution >= 0.6 is 0 Å². The van der Waals surface area contributed by atoms with Gasteiger partial charge in [0, 0.05) is 33.1 Å². The number of hydrogen-bond donors (Lipinski definition) is 0. The van der Waals surface area contributed by atoms with Crippen molar-refractivity contribution in [2.45, 2.75) is 57.6 Å². The van der Waals surface area contributed by atoms with E-state index in [1.807, 2.05) is 11.8 Å². The number of hydrogen-bond acceptors (Lipinski definition) is 4. The molecule has 5 nitrogen and oxygen atoms in total. The molecule has 3 rings (SSSR count). The van der Waals surface area contributed by atoms with Crippen molar-refractivity contribution in [3.8, 4) is 0 Å². The van der Waals surface area contributed by atoms with Crippen LogP contribution in [-0.4, -0.2) is 67.0 Å². The Bertz CT molecular complexity index is 424. The zero-order valence-electron chi connectivity index (χ0n) is 14.0. The van der Waals surface area contributed by atoms with Crippen molar-refractivity contribution in [3.05, 3.63) is 0 Å². The highest BCUT2D eigenvalue weighted by Gasteiger charge is 2.39. The molecule has 2 heterocycles. The van der Waals surface area contributed by atoms with Gasteiger partial charge < -0.3 is 14.5 Å². The average molecular weight is 307 g/mol. The van der Waals surface area contributed by atoms with E-state index in [0.717, 1.165) is 32.6 Å². The number of amides is 1. The smallest absolute Gasteiger partial charge is 0.251 e. The molecule has 0 bridgehead atoms. The van der Waals surface area contributed by atoms with Crippen LogP contribution < -0.4 is 0 Å². The molecule has 2 atom stereocenters. The molecule has 0 aromatic rings. The van der Waals surface area contributed by atoms with Crippen LogP contribution in [0, 0.1) is 5.92 Å². The van der Waals surface area contributed by atoms with Crippen LogP contribution in [0.5, 0.6) is 0 Å². The standard InChI is InChI=1S/C17H29N3O2/c1-13-18-16(17(21)20-10-8-19(2)9-11-20)15(22-13)12-14-6-4-3-5-7-14/h14-16H,3-12H2,1-2H3. The first-order valence-electron chi connectivity index (χ1n) is 8.82. The highest BCUT2D eigenvalue weighted by atomic mass is 16.5. The maximum atomic E-state index is 12.8. The lowest BCUT2D eigenvalue weighted by molar-refractivity contribution is -0.135. The van der Waals surface area contributed by atoms with Gasteiger partial charge in [-0.3, -0.25) is 4.79 Å². The largest absolute Gasteiger partial charge is 0.475 e.